The van der Waals surface area contributed by atoms with E-state index < -0.39 is 5.82 Å². The van der Waals surface area contributed by atoms with Crippen LogP contribution in [0.3, 0.4) is 0 Å². The number of carbonyl (C=O) groups is 1. The quantitative estimate of drug-likeness (QED) is 0.942. The first-order valence-electron chi connectivity index (χ1n) is 7.82. The van der Waals surface area contributed by atoms with Gasteiger partial charge in [0.2, 0.25) is 0 Å². The molecule has 0 saturated carbocycles. The highest BCUT2D eigenvalue weighted by atomic mass is 19.1. The van der Waals surface area contributed by atoms with E-state index >= 15 is 0 Å². The zero-order chi connectivity index (χ0) is 16.6. The van der Waals surface area contributed by atoms with Crippen molar-refractivity contribution in [2.75, 3.05) is 19.6 Å². The monoisotopic (exact) mass is 316 g/mol. The molecule has 3 rings (SSSR count). The number of amides is 1. The van der Waals surface area contributed by atoms with Crippen LogP contribution in [0.2, 0.25) is 0 Å². The van der Waals surface area contributed by atoms with E-state index in [1.54, 1.807) is 21.7 Å². The molecule has 1 amide bonds. The van der Waals surface area contributed by atoms with Gasteiger partial charge < -0.3 is 10.6 Å². The van der Waals surface area contributed by atoms with Crippen molar-refractivity contribution in [3.8, 4) is 5.69 Å². The summed E-state index contributed by atoms with van der Waals surface area (Å²) < 4.78 is 16.0. The lowest BCUT2D eigenvalue weighted by Gasteiger charge is -2.17. The van der Waals surface area contributed by atoms with E-state index in [1.807, 2.05) is 19.9 Å². The Morgan fingerprint density at radius 2 is 2.17 bits per heavy atom. The van der Waals surface area contributed by atoms with Gasteiger partial charge in [0, 0.05) is 24.3 Å². The number of rotatable bonds is 3. The summed E-state index contributed by atoms with van der Waals surface area (Å²) in [5.41, 5.74) is 8.05. The number of halogens is 1. The average molecular weight is 316 g/mol. The van der Waals surface area contributed by atoms with Crippen LogP contribution in [0.4, 0.5) is 4.39 Å². The third-order valence-corrected chi connectivity index (χ3v) is 4.34. The van der Waals surface area contributed by atoms with E-state index in [1.165, 1.54) is 6.07 Å². The van der Waals surface area contributed by atoms with Crippen molar-refractivity contribution in [2.24, 2.45) is 11.7 Å². The number of likely N-dealkylation sites (tertiary alicyclic amines) is 1. The Morgan fingerprint density at radius 1 is 1.39 bits per heavy atom. The Labute approximate surface area is 134 Å². The Hall–Kier alpha value is -2.21. The van der Waals surface area contributed by atoms with Crippen molar-refractivity contribution in [1.82, 2.24) is 14.7 Å². The zero-order valence-corrected chi connectivity index (χ0v) is 13.4. The molecule has 0 spiro atoms. The minimum absolute atomic E-state index is 0.139. The molecule has 2 N–H and O–H groups in total. The Bertz CT molecular complexity index is 740. The van der Waals surface area contributed by atoms with Gasteiger partial charge in [0.15, 0.2) is 0 Å². The second-order valence-electron chi connectivity index (χ2n) is 6.15. The first-order chi connectivity index (χ1) is 11.0. The van der Waals surface area contributed by atoms with Crippen molar-refractivity contribution in [1.29, 1.82) is 0 Å². The fraction of sp³-hybridized carbons (Fsp3) is 0.412. The Morgan fingerprint density at radius 3 is 2.74 bits per heavy atom. The molecule has 1 aromatic carbocycles. The maximum absolute atomic E-state index is 14.5. The molecular formula is C17H21FN4O. The molecule has 2 heterocycles. The van der Waals surface area contributed by atoms with Gasteiger partial charge in [0.05, 0.1) is 5.69 Å². The number of hydrogen-bond acceptors (Lipinski definition) is 3. The van der Waals surface area contributed by atoms with Crippen LogP contribution < -0.4 is 5.73 Å². The molecule has 6 heteroatoms. The molecule has 1 aliphatic heterocycles. The molecule has 1 aromatic heterocycles. The van der Waals surface area contributed by atoms with Crippen molar-refractivity contribution in [2.45, 2.75) is 20.3 Å². The minimum atomic E-state index is -0.448. The highest BCUT2D eigenvalue weighted by Crippen LogP contribution is 2.21. The summed E-state index contributed by atoms with van der Waals surface area (Å²) in [6, 6.07) is 6.45. The maximum Gasteiger partial charge on any atom is 0.253 e. The first kappa shape index (κ1) is 15.7. The summed E-state index contributed by atoms with van der Waals surface area (Å²) >= 11 is 0. The lowest BCUT2D eigenvalue weighted by atomic mass is 10.1. The highest BCUT2D eigenvalue weighted by molar-refractivity contribution is 5.94. The fourth-order valence-electron chi connectivity index (χ4n) is 3.08. The third kappa shape index (κ3) is 2.99. The normalized spacial score (nSPS) is 17.7. The van der Waals surface area contributed by atoms with Crippen LogP contribution in [0.25, 0.3) is 5.69 Å². The van der Waals surface area contributed by atoms with Gasteiger partial charge in [0.1, 0.15) is 11.5 Å². The van der Waals surface area contributed by atoms with Crippen LogP contribution in [0, 0.1) is 25.6 Å². The molecule has 1 aliphatic rings. The minimum Gasteiger partial charge on any atom is -0.338 e. The van der Waals surface area contributed by atoms with E-state index in [9.17, 15) is 9.18 Å². The molecule has 0 bridgehead atoms. The smallest absolute Gasteiger partial charge is 0.253 e. The summed E-state index contributed by atoms with van der Waals surface area (Å²) in [6.45, 7) is 5.64. The second kappa shape index (κ2) is 6.12. The summed E-state index contributed by atoms with van der Waals surface area (Å²) in [7, 11) is 0. The second-order valence-corrected chi connectivity index (χ2v) is 6.15. The van der Waals surface area contributed by atoms with Gasteiger partial charge in [-0.2, -0.15) is 5.10 Å². The summed E-state index contributed by atoms with van der Waals surface area (Å²) in [5.74, 6) is -0.242. The Kier molecular flexibility index (Phi) is 4.17. The number of benzene rings is 1. The van der Waals surface area contributed by atoms with Crippen LogP contribution in [0.5, 0.6) is 0 Å². The molecule has 122 valence electrons. The van der Waals surface area contributed by atoms with Gasteiger partial charge in [-0.15, -0.1) is 0 Å². The van der Waals surface area contributed by atoms with Crippen LogP contribution >= 0.6 is 0 Å². The number of aromatic nitrogens is 2. The van der Waals surface area contributed by atoms with E-state index in [2.05, 4.69) is 5.10 Å². The number of nitrogens with two attached hydrogens (primary N) is 1. The zero-order valence-electron chi connectivity index (χ0n) is 13.4. The van der Waals surface area contributed by atoms with Crippen LogP contribution in [0.15, 0.2) is 24.3 Å². The fourth-order valence-corrected chi connectivity index (χ4v) is 3.08. The van der Waals surface area contributed by atoms with Gasteiger partial charge in [-0.3, -0.25) is 4.79 Å². The molecular weight excluding hydrogens is 295 g/mol. The first-order valence-corrected chi connectivity index (χ1v) is 7.82. The van der Waals surface area contributed by atoms with Gasteiger partial charge in [0.25, 0.3) is 5.91 Å². The predicted molar refractivity (Wildman–Crippen MR) is 86.1 cm³/mol. The van der Waals surface area contributed by atoms with Gasteiger partial charge >= 0.3 is 0 Å². The van der Waals surface area contributed by atoms with Crippen LogP contribution in [-0.2, 0) is 0 Å². The van der Waals surface area contributed by atoms with Gasteiger partial charge in [-0.05, 0) is 57.0 Å². The van der Waals surface area contributed by atoms with Gasteiger partial charge in [-0.25, -0.2) is 9.07 Å². The molecule has 2 aromatic rings. The summed E-state index contributed by atoms with van der Waals surface area (Å²) in [6.07, 6.45) is 0.911. The SMILES string of the molecule is Cc1cc(C)n(-c2ccc(C(=O)N3CC[C@@H](CN)C3)cc2F)n1. The van der Waals surface area contributed by atoms with E-state index in [-0.39, 0.29) is 5.91 Å². The average Bonchev–Trinajstić information content (AvgIpc) is 3.13. The number of carbonyl (C=O) groups excluding carboxylic acids is 1. The molecule has 23 heavy (non-hydrogen) atoms. The standard InChI is InChI=1S/C17H21FN4O/c1-11-7-12(2)22(20-11)16-4-3-14(8-15(16)18)17(23)21-6-5-13(9-19)10-21/h3-4,7-8,13H,5-6,9-10,19H2,1-2H3/t13-/m0/s1. The summed E-state index contributed by atoms with van der Waals surface area (Å²) in [4.78, 5) is 14.2. The molecule has 1 atom stereocenters. The predicted octanol–water partition coefficient (Wildman–Crippen LogP) is 2.05. The molecule has 5 nitrogen and oxygen atoms in total. The lowest BCUT2D eigenvalue weighted by Crippen LogP contribution is -2.30. The van der Waals surface area contributed by atoms with Crippen molar-refractivity contribution < 1.29 is 9.18 Å². The van der Waals surface area contributed by atoms with E-state index in [0.29, 0.717) is 36.8 Å². The topological polar surface area (TPSA) is 64.2 Å². The number of hydrogen-bond donors (Lipinski definition) is 1. The number of aryl methyl sites for hydroxylation is 2. The molecule has 1 saturated heterocycles. The van der Waals surface area contributed by atoms with Crippen molar-refractivity contribution in [3.63, 3.8) is 0 Å². The summed E-state index contributed by atoms with van der Waals surface area (Å²) in [5, 5.41) is 4.28. The van der Waals surface area contributed by atoms with E-state index in [0.717, 1.165) is 17.8 Å². The van der Waals surface area contributed by atoms with Gasteiger partial charge in [-0.1, -0.05) is 0 Å². The number of nitrogens with zero attached hydrogens (tertiary/aromatic N) is 3. The van der Waals surface area contributed by atoms with E-state index in [4.69, 9.17) is 5.73 Å². The molecule has 1 fully saturated rings. The molecule has 0 aliphatic carbocycles. The van der Waals surface area contributed by atoms with Crippen molar-refractivity contribution >= 4 is 5.91 Å². The lowest BCUT2D eigenvalue weighted by molar-refractivity contribution is 0.0787. The molecule has 0 unspecified atom stereocenters. The highest BCUT2D eigenvalue weighted by Gasteiger charge is 2.26. The van der Waals surface area contributed by atoms with Crippen molar-refractivity contribution in [3.05, 3.63) is 47.0 Å². The third-order valence-electron chi connectivity index (χ3n) is 4.34. The maximum atomic E-state index is 14.5. The molecule has 0 radical (unpaired) electrons. The Balaban J connectivity index is 1.85. The largest absolute Gasteiger partial charge is 0.338 e. The van der Waals surface area contributed by atoms with Crippen LogP contribution in [-0.4, -0.2) is 40.2 Å². The van der Waals surface area contributed by atoms with Crippen LogP contribution in [0.1, 0.15) is 28.2 Å².